The summed E-state index contributed by atoms with van der Waals surface area (Å²) in [6.45, 7) is 1.92. The fourth-order valence-corrected chi connectivity index (χ4v) is 2.29. The Morgan fingerprint density at radius 1 is 1.64 bits per heavy atom. The summed E-state index contributed by atoms with van der Waals surface area (Å²) in [5.74, 6) is -0.700. The molecule has 0 aliphatic rings. The number of nitrogens with one attached hydrogen (secondary N) is 2. The molecule has 0 fully saturated rings. The summed E-state index contributed by atoms with van der Waals surface area (Å²) < 4.78 is 5.05. The van der Waals surface area contributed by atoms with Crippen molar-refractivity contribution in [1.82, 2.24) is 0 Å². The number of hydrogen-bond acceptors (Lipinski definition) is 7. The van der Waals surface area contributed by atoms with Crippen LogP contribution in [0.3, 0.4) is 0 Å². The topological polar surface area (TPSA) is 145 Å². The molecule has 9 heteroatoms. The monoisotopic (exact) mass is 321 g/mol. The molecule has 5 N–H and O–H groups in total. The summed E-state index contributed by atoms with van der Waals surface area (Å²) in [7, 11) is 1.36. The molecule has 8 nitrogen and oxygen atoms in total. The van der Waals surface area contributed by atoms with Gasteiger partial charge in [0.05, 0.1) is 12.8 Å². The van der Waals surface area contributed by atoms with Crippen LogP contribution in [-0.2, 0) is 0 Å². The van der Waals surface area contributed by atoms with Crippen LogP contribution in [0.25, 0.3) is 0 Å². The number of thioether (sulfide) groups is 1. The van der Waals surface area contributed by atoms with E-state index in [0.29, 0.717) is 16.3 Å². The Bertz CT molecular complexity index is 666. The first-order chi connectivity index (χ1) is 10.4. The quantitative estimate of drug-likeness (QED) is 0.259. The van der Waals surface area contributed by atoms with Crippen molar-refractivity contribution in [2.45, 2.75) is 11.8 Å². The first-order valence-corrected chi connectivity index (χ1v) is 7.09. The average molecular weight is 321 g/mol. The van der Waals surface area contributed by atoms with E-state index in [2.05, 4.69) is 10.5 Å². The molecule has 1 aromatic rings. The molecular formula is C13H15N5O3S. The van der Waals surface area contributed by atoms with Crippen molar-refractivity contribution in [3.63, 3.8) is 0 Å². The van der Waals surface area contributed by atoms with Gasteiger partial charge in [-0.3, -0.25) is 10.8 Å². The Labute approximate surface area is 131 Å². The van der Waals surface area contributed by atoms with Crippen LogP contribution < -0.4 is 15.9 Å². The molecule has 0 unspecified atom stereocenters. The van der Waals surface area contributed by atoms with Crippen molar-refractivity contribution in [2.24, 2.45) is 10.8 Å². The van der Waals surface area contributed by atoms with Gasteiger partial charge in [-0.05, 0) is 11.8 Å². The van der Waals surface area contributed by atoms with Crippen molar-refractivity contribution in [2.75, 3.05) is 18.3 Å². The third kappa shape index (κ3) is 4.13. The molecule has 0 amide bonds. The summed E-state index contributed by atoms with van der Waals surface area (Å²) in [5.41, 5.74) is 8.05. The number of carboxylic acids is 1. The van der Waals surface area contributed by atoms with Crippen molar-refractivity contribution in [1.29, 1.82) is 10.7 Å². The van der Waals surface area contributed by atoms with Gasteiger partial charge < -0.3 is 15.6 Å². The van der Waals surface area contributed by atoms with Gasteiger partial charge in [-0.1, -0.05) is 6.92 Å². The van der Waals surface area contributed by atoms with Crippen LogP contribution in [0.15, 0.2) is 22.1 Å². The molecule has 116 valence electrons. The van der Waals surface area contributed by atoms with Crippen molar-refractivity contribution in [3.8, 4) is 11.8 Å². The van der Waals surface area contributed by atoms with E-state index in [9.17, 15) is 9.90 Å². The first kappa shape index (κ1) is 17.3. The predicted octanol–water partition coefficient (Wildman–Crippen LogP) is 1.73. The van der Waals surface area contributed by atoms with E-state index >= 15 is 0 Å². The molecule has 0 radical (unpaired) electrons. The molecule has 0 aliphatic heterocycles. The van der Waals surface area contributed by atoms with Crippen LogP contribution in [0.5, 0.6) is 5.75 Å². The largest absolute Gasteiger partial charge is 0.496 e. The van der Waals surface area contributed by atoms with Crippen molar-refractivity contribution in [3.05, 3.63) is 17.7 Å². The van der Waals surface area contributed by atoms with Gasteiger partial charge in [0.15, 0.2) is 5.84 Å². The molecule has 22 heavy (non-hydrogen) atoms. The van der Waals surface area contributed by atoms with Crippen LogP contribution in [0.1, 0.15) is 17.3 Å². The van der Waals surface area contributed by atoms with Gasteiger partial charge in [-0.2, -0.15) is 10.4 Å². The second-order valence-electron chi connectivity index (χ2n) is 3.88. The zero-order chi connectivity index (χ0) is 16.7. The van der Waals surface area contributed by atoms with E-state index in [1.165, 1.54) is 31.0 Å². The lowest BCUT2D eigenvalue weighted by atomic mass is 10.2. The molecule has 0 bridgehead atoms. The Hall–Kier alpha value is -2.73. The Morgan fingerprint density at radius 3 is 2.77 bits per heavy atom. The number of carboxylic acid groups (broad SMARTS) is 1. The Kier molecular flexibility index (Phi) is 6.22. The number of nitrogens with zero attached hydrogens (tertiary/aromatic N) is 2. The normalized spacial score (nSPS) is 10.7. The van der Waals surface area contributed by atoms with Crippen molar-refractivity contribution < 1.29 is 14.6 Å². The van der Waals surface area contributed by atoms with E-state index in [0.717, 1.165) is 0 Å². The van der Waals surface area contributed by atoms with E-state index < -0.39 is 11.8 Å². The van der Waals surface area contributed by atoms with E-state index in [-0.39, 0.29) is 17.0 Å². The van der Waals surface area contributed by atoms with Gasteiger partial charge in [0.2, 0.25) is 5.71 Å². The number of benzene rings is 1. The SMILES string of the molecule is CCSc1cc(C(=O)O)c(OC)cc1N/N=C(\C#N)C(=N)N. The highest BCUT2D eigenvalue weighted by atomic mass is 32.2. The van der Waals surface area contributed by atoms with Gasteiger partial charge in [0.25, 0.3) is 0 Å². The van der Waals surface area contributed by atoms with Gasteiger partial charge in [0, 0.05) is 11.0 Å². The van der Waals surface area contributed by atoms with Crippen LogP contribution in [0.4, 0.5) is 5.69 Å². The Morgan fingerprint density at radius 2 is 2.32 bits per heavy atom. The molecule has 0 aliphatic carbocycles. The number of methoxy groups -OCH3 is 1. The summed E-state index contributed by atoms with van der Waals surface area (Å²) in [5, 5.41) is 28.9. The predicted molar refractivity (Wildman–Crippen MR) is 84.9 cm³/mol. The Balaban J connectivity index is 3.31. The fourth-order valence-electron chi connectivity index (χ4n) is 1.52. The molecule has 0 aromatic heterocycles. The fraction of sp³-hybridized carbons (Fsp3) is 0.231. The molecule has 1 rings (SSSR count). The van der Waals surface area contributed by atoms with Crippen LogP contribution in [-0.4, -0.2) is 35.5 Å². The van der Waals surface area contributed by atoms with Gasteiger partial charge in [0.1, 0.15) is 17.4 Å². The second-order valence-corrected chi connectivity index (χ2v) is 5.19. The average Bonchev–Trinajstić information content (AvgIpc) is 2.48. The number of rotatable bonds is 7. The van der Waals surface area contributed by atoms with Gasteiger partial charge in [-0.25, -0.2) is 4.79 Å². The molecule has 0 spiro atoms. The van der Waals surface area contributed by atoms with E-state index in [1.54, 1.807) is 6.07 Å². The lowest BCUT2D eigenvalue weighted by Gasteiger charge is -2.12. The highest BCUT2D eigenvalue weighted by Gasteiger charge is 2.16. The highest BCUT2D eigenvalue weighted by Crippen LogP contribution is 2.34. The minimum absolute atomic E-state index is 0.0278. The number of hydrazone groups is 1. The third-order valence-electron chi connectivity index (χ3n) is 2.48. The lowest BCUT2D eigenvalue weighted by molar-refractivity contribution is 0.0693. The molecule has 0 heterocycles. The number of ether oxygens (including phenoxy) is 1. The van der Waals surface area contributed by atoms with Crippen LogP contribution in [0, 0.1) is 16.7 Å². The summed E-state index contributed by atoms with van der Waals surface area (Å²) >= 11 is 1.40. The lowest BCUT2D eigenvalue weighted by Crippen LogP contribution is -2.22. The molecule has 0 saturated heterocycles. The third-order valence-corrected chi connectivity index (χ3v) is 3.42. The van der Waals surface area contributed by atoms with Crippen LogP contribution in [0.2, 0.25) is 0 Å². The number of carbonyl (C=O) groups is 1. The number of hydrogen-bond donors (Lipinski definition) is 4. The van der Waals surface area contributed by atoms with Crippen LogP contribution >= 0.6 is 11.8 Å². The molecule has 1 aromatic carbocycles. The van der Waals surface area contributed by atoms with E-state index in [4.69, 9.17) is 21.1 Å². The summed E-state index contributed by atoms with van der Waals surface area (Å²) in [6, 6.07) is 4.62. The number of nitrogens with two attached hydrogens (primary N) is 1. The zero-order valence-corrected chi connectivity index (χ0v) is 12.8. The number of anilines is 1. The van der Waals surface area contributed by atoms with Crippen molar-refractivity contribution >= 4 is 35.0 Å². The smallest absolute Gasteiger partial charge is 0.339 e. The number of nitriles is 1. The number of aromatic carboxylic acids is 1. The maximum atomic E-state index is 11.2. The maximum Gasteiger partial charge on any atom is 0.339 e. The standard InChI is InChI=1S/C13H15N5O3S/c1-3-22-11-4-7(13(19)20)10(21-2)5-8(11)17-18-9(6-14)12(15)16/h4-5,17H,3H2,1-2H3,(H3,15,16)(H,19,20)/b18-9+. The maximum absolute atomic E-state index is 11.2. The summed E-state index contributed by atoms with van der Waals surface area (Å²) in [6.07, 6.45) is 0. The minimum Gasteiger partial charge on any atom is -0.496 e. The molecule has 0 atom stereocenters. The summed E-state index contributed by atoms with van der Waals surface area (Å²) in [4.78, 5) is 11.9. The van der Waals surface area contributed by atoms with Gasteiger partial charge >= 0.3 is 5.97 Å². The second kappa shape index (κ2) is 7.90. The van der Waals surface area contributed by atoms with Gasteiger partial charge in [-0.15, -0.1) is 11.8 Å². The number of amidine groups is 1. The first-order valence-electron chi connectivity index (χ1n) is 6.10. The molecule has 0 saturated carbocycles. The van der Waals surface area contributed by atoms with E-state index in [1.807, 2.05) is 6.92 Å². The highest BCUT2D eigenvalue weighted by molar-refractivity contribution is 7.99. The zero-order valence-electron chi connectivity index (χ0n) is 12.0. The molecular weight excluding hydrogens is 306 g/mol. The minimum atomic E-state index is -1.11.